The van der Waals surface area contributed by atoms with Crippen LogP contribution in [-0.4, -0.2) is 20.9 Å². The van der Waals surface area contributed by atoms with E-state index in [1.54, 1.807) is 48.5 Å². The average molecular weight is 512 g/mol. The molecule has 0 unspecified atom stereocenters. The van der Waals surface area contributed by atoms with Crippen molar-refractivity contribution in [1.82, 2.24) is 0 Å². The second-order valence-corrected chi connectivity index (χ2v) is 9.60. The van der Waals surface area contributed by atoms with Crippen molar-refractivity contribution in [1.29, 1.82) is 0 Å². The molecule has 1 heterocycles. The molecular formula is C22H17Cl3N2O4S. The Balaban J connectivity index is 1.68. The number of sulfonamides is 1. The van der Waals surface area contributed by atoms with Crippen LogP contribution in [-0.2, 0) is 16.6 Å². The monoisotopic (exact) mass is 510 g/mol. The number of nitrogens with one attached hydrogen (secondary N) is 1. The molecule has 0 bridgehead atoms. The van der Waals surface area contributed by atoms with Crippen LogP contribution in [0.3, 0.4) is 0 Å². The predicted molar refractivity (Wildman–Crippen MR) is 127 cm³/mol. The Labute approximate surface area is 200 Å². The average Bonchev–Trinajstić information content (AvgIpc) is 2.74. The summed E-state index contributed by atoms with van der Waals surface area (Å²) < 4.78 is 40.7. The second kappa shape index (κ2) is 9.19. The first-order valence-electron chi connectivity index (χ1n) is 9.53. The fraction of sp³-hybridized carbons (Fsp3) is 0.136. The number of fused-ring (bicyclic) bond motifs is 1. The minimum absolute atomic E-state index is 0.111. The number of hydrogen-bond donors (Lipinski definition) is 1. The van der Waals surface area contributed by atoms with E-state index in [0.717, 1.165) is 5.56 Å². The lowest BCUT2D eigenvalue weighted by Gasteiger charge is -2.20. The number of para-hydroxylation sites is 1. The molecule has 0 spiro atoms. The third kappa shape index (κ3) is 4.66. The van der Waals surface area contributed by atoms with E-state index < -0.39 is 10.0 Å². The summed E-state index contributed by atoms with van der Waals surface area (Å²) in [5.74, 6) is 0.794. The molecule has 0 saturated heterocycles. The van der Waals surface area contributed by atoms with E-state index in [1.165, 1.54) is 6.07 Å². The van der Waals surface area contributed by atoms with Gasteiger partial charge >= 0.3 is 0 Å². The molecule has 0 fully saturated rings. The summed E-state index contributed by atoms with van der Waals surface area (Å²) in [6.07, 6.45) is 0. The van der Waals surface area contributed by atoms with Gasteiger partial charge < -0.3 is 14.8 Å². The van der Waals surface area contributed by atoms with Crippen molar-refractivity contribution >= 4 is 56.3 Å². The lowest BCUT2D eigenvalue weighted by molar-refractivity contribution is 0.269. The Morgan fingerprint density at radius 3 is 2.50 bits per heavy atom. The van der Waals surface area contributed by atoms with Gasteiger partial charge in [-0.2, -0.15) is 8.42 Å². The molecule has 3 aromatic rings. The maximum Gasteiger partial charge on any atom is 0.286 e. The Bertz CT molecular complexity index is 1330. The molecule has 32 heavy (non-hydrogen) atoms. The fourth-order valence-corrected chi connectivity index (χ4v) is 5.00. The smallest absolute Gasteiger partial charge is 0.286 e. The summed E-state index contributed by atoms with van der Waals surface area (Å²) >= 11 is 18.7. The minimum atomic E-state index is -3.86. The first kappa shape index (κ1) is 22.7. The minimum Gasteiger partial charge on any atom is -0.490 e. The van der Waals surface area contributed by atoms with Gasteiger partial charge in [-0.3, -0.25) is 0 Å². The van der Waals surface area contributed by atoms with Crippen molar-refractivity contribution in [2.75, 3.05) is 11.9 Å². The van der Waals surface area contributed by atoms with Gasteiger partial charge in [0.15, 0.2) is 17.3 Å². The van der Waals surface area contributed by atoms with Gasteiger partial charge in [0.25, 0.3) is 10.0 Å². The number of anilines is 1. The largest absolute Gasteiger partial charge is 0.490 e. The van der Waals surface area contributed by atoms with E-state index in [-0.39, 0.29) is 22.4 Å². The third-order valence-electron chi connectivity index (χ3n) is 4.60. The molecule has 0 amide bonds. The number of ether oxygens (including phenoxy) is 2. The number of rotatable bonds is 6. The van der Waals surface area contributed by atoms with Crippen LogP contribution in [0.1, 0.15) is 18.1 Å². The van der Waals surface area contributed by atoms with Crippen LogP contribution >= 0.6 is 34.8 Å². The van der Waals surface area contributed by atoms with Gasteiger partial charge in [0, 0.05) is 21.2 Å². The maximum absolute atomic E-state index is 12.6. The fourth-order valence-electron chi connectivity index (χ4n) is 3.14. The van der Waals surface area contributed by atoms with Gasteiger partial charge in [-0.25, -0.2) is 0 Å². The maximum atomic E-state index is 12.6. The molecule has 4 rings (SSSR count). The first-order valence-corrected chi connectivity index (χ1v) is 12.1. The summed E-state index contributed by atoms with van der Waals surface area (Å²) in [4.78, 5) is 0.111. The highest BCUT2D eigenvalue weighted by molar-refractivity contribution is 7.90. The molecule has 0 atom stereocenters. The van der Waals surface area contributed by atoms with Gasteiger partial charge in [0.05, 0.1) is 17.3 Å². The Hall–Kier alpha value is -2.45. The highest BCUT2D eigenvalue weighted by atomic mass is 35.5. The van der Waals surface area contributed by atoms with E-state index in [1.807, 2.05) is 6.92 Å². The highest BCUT2D eigenvalue weighted by Crippen LogP contribution is 2.39. The van der Waals surface area contributed by atoms with Crippen molar-refractivity contribution < 1.29 is 17.9 Å². The predicted octanol–water partition coefficient (Wildman–Crippen LogP) is 6.19. The molecule has 0 saturated carbocycles. The van der Waals surface area contributed by atoms with Crippen molar-refractivity contribution in [3.8, 4) is 11.5 Å². The van der Waals surface area contributed by atoms with Crippen LogP contribution < -0.4 is 14.8 Å². The molecule has 1 N–H and O–H groups in total. The zero-order valence-corrected chi connectivity index (χ0v) is 19.8. The van der Waals surface area contributed by atoms with Crippen molar-refractivity contribution in [2.24, 2.45) is 4.40 Å². The van der Waals surface area contributed by atoms with E-state index in [0.29, 0.717) is 39.4 Å². The van der Waals surface area contributed by atoms with Crippen LogP contribution in [0, 0.1) is 0 Å². The van der Waals surface area contributed by atoms with Gasteiger partial charge in [-0.15, -0.1) is 4.40 Å². The van der Waals surface area contributed by atoms with E-state index in [4.69, 9.17) is 44.3 Å². The molecule has 10 heteroatoms. The molecule has 0 aliphatic carbocycles. The highest BCUT2D eigenvalue weighted by Gasteiger charge is 2.26. The lowest BCUT2D eigenvalue weighted by Crippen LogP contribution is -2.22. The molecule has 0 aromatic heterocycles. The summed E-state index contributed by atoms with van der Waals surface area (Å²) in [6, 6.07) is 14.8. The second-order valence-electron chi connectivity index (χ2n) is 6.78. The number of nitrogens with zero attached hydrogens (tertiary/aromatic N) is 1. The Kier molecular flexibility index (Phi) is 6.53. The third-order valence-corrected chi connectivity index (χ3v) is 6.80. The topological polar surface area (TPSA) is 77.0 Å². The molecular weight excluding hydrogens is 495 g/mol. The van der Waals surface area contributed by atoms with Gasteiger partial charge in [-0.1, -0.05) is 53.0 Å². The molecule has 1 aliphatic rings. The first-order chi connectivity index (χ1) is 15.3. The zero-order valence-electron chi connectivity index (χ0n) is 16.7. The normalized spacial score (nSPS) is 14.2. The van der Waals surface area contributed by atoms with Crippen LogP contribution in [0.15, 0.2) is 63.9 Å². The molecule has 6 nitrogen and oxygen atoms in total. The van der Waals surface area contributed by atoms with E-state index in [2.05, 4.69) is 9.71 Å². The van der Waals surface area contributed by atoms with Crippen molar-refractivity contribution in [3.63, 3.8) is 0 Å². The van der Waals surface area contributed by atoms with Crippen molar-refractivity contribution in [2.45, 2.75) is 18.4 Å². The number of halogens is 3. The number of benzene rings is 3. The summed E-state index contributed by atoms with van der Waals surface area (Å²) in [5, 5.41) is 4.26. The van der Waals surface area contributed by atoms with E-state index in [9.17, 15) is 8.42 Å². The molecule has 3 aromatic carbocycles. The van der Waals surface area contributed by atoms with E-state index >= 15 is 0 Å². The lowest BCUT2D eigenvalue weighted by atomic mass is 10.1. The Morgan fingerprint density at radius 2 is 1.75 bits per heavy atom. The summed E-state index contributed by atoms with van der Waals surface area (Å²) in [7, 11) is -3.86. The zero-order chi connectivity index (χ0) is 22.9. The summed E-state index contributed by atoms with van der Waals surface area (Å²) in [6.45, 7) is 2.30. The quantitative estimate of drug-likeness (QED) is 0.427. The van der Waals surface area contributed by atoms with Gasteiger partial charge in [-0.05, 0) is 43.3 Å². The summed E-state index contributed by atoms with van der Waals surface area (Å²) in [5.41, 5.74) is 1.59. The number of hydrogen-bond acceptors (Lipinski definition) is 5. The number of amidine groups is 1. The van der Waals surface area contributed by atoms with Crippen LogP contribution in [0.5, 0.6) is 11.5 Å². The molecule has 1 aliphatic heterocycles. The van der Waals surface area contributed by atoms with Crippen molar-refractivity contribution in [3.05, 3.63) is 80.8 Å². The van der Waals surface area contributed by atoms with Crippen LogP contribution in [0.4, 0.5) is 5.69 Å². The van der Waals surface area contributed by atoms with Gasteiger partial charge in [0.2, 0.25) is 0 Å². The SMILES string of the molecule is CCOc1cc(C2=NS(=O)(=O)c3ccccc3N2)cc(Cl)c1OCc1ccc(Cl)cc1Cl. The van der Waals surface area contributed by atoms with Crippen LogP contribution in [0.25, 0.3) is 0 Å². The molecule has 166 valence electrons. The van der Waals surface area contributed by atoms with Crippen LogP contribution in [0.2, 0.25) is 15.1 Å². The molecule has 0 radical (unpaired) electrons. The standard InChI is InChI=1S/C22H17Cl3N2O4S/c1-2-30-19-10-14(22-26-18-5-3-4-6-20(18)32(28,29)27-22)9-17(25)21(19)31-12-13-7-8-15(23)11-16(13)24/h3-11H,2,12H2,1H3,(H,26,27). The Morgan fingerprint density at radius 1 is 0.969 bits per heavy atom. The van der Waals surface area contributed by atoms with Gasteiger partial charge in [0.1, 0.15) is 11.5 Å².